The number of pyridine rings is 1. The quantitative estimate of drug-likeness (QED) is 0.629. The lowest BCUT2D eigenvalue weighted by Gasteiger charge is -1.96. The SMILES string of the molecule is CSOC(=O)c1ccccn1. The van der Waals surface area contributed by atoms with Gasteiger partial charge in [-0.2, -0.15) is 0 Å². The van der Waals surface area contributed by atoms with Crippen LogP contribution in [-0.4, -0.2) is 17.2 Å². The molecule has 0 aliphatic carbocycles. The molecular weight excluding hydrogens is 162 g/mol. The van der Waals surface area contributed by atoms with Crippen molar-refractivity contribution >= 4 is 18.0 Å². The molecule has 0 bridgehead atoms. The van der Waals surface area contributed by atoms with E-state index in [0.29, 0.717) is 5.69 Å². The van der Waals surface area contributed by atoms with Gasteiger partial charge in [0.25, 0.3) is 0 Å². The summed E-state index contributed by atoms with van der Waals surface area (Å²) in [6.45, 7) is 0. The van der Waals surface area contributed by atoms with Gasteiger partial charge in [0.1, 0.15) is 5.69 Å². The summed E-state index contributed by atoms with van der Waals surface area (Å²) in [5.74, 6) is -0.405. The van der Waals surface area contributed by atoms with Crippen LogP contribution in [0.5, 0.6) is 0 Å². The maximum atomic E-state index is 10.9. The summed E-state index contributed by atoms with van der Waals surface area (Å²) in [4.78, 5) is 14.7. The molecule has 0 saturated carbocycles. The van der Waals surface area contributed by atoms with E-state index in [9.17, 15) is 4.79 Å². The van der Waals surface area contributed by atoms with E-state index in [1.165, 1.54) is 0 Å². The first-order chi connectivity index (χ1) is 5.34. The van der Waals surface area contributed by atoms with Gasteiger partial charge in [0.2, 0.25) is 0 Å². The maximum Gasteiger partial charge on any atom is 0.368 e. The molecule has 1 aromatic rings. The molecule has 4 heteroatoms. The number of rotatable bonds is 2. The van der Waals surface area contributed by atoms with Crippen LogP contribution >= 0.6 is 12.0 Å². The molecule has 11 heavy (non-hydrogen) atoms. The van der Waals surface area contributed by atoms with E-state index >= 15 is 0 Å². The minimum absolute atomic E-state index is 0.335. The lowest BCUT2D eigenvalue weighted by Crippen LogP contribution is -2.01. The first-order valence-electron chi connectivity index (χ1n) is 3.00. The van der Waals surface area contributed by atoms with Crippen LogP contribution in [0.15, 0.2) is 24.4 Å². The highest BCUT2D eigenvalue weighted by Gasteiger charge is 2.05. The number of carbonyl (C=O) groups excluding carboxylic acids is 1. The lowest BCUT2D eigenvalue weighted by atomic mass is 10.4. The smallest absolute Gasteiger partial charge is 0.368 e. The molecular formula is C7H7NO2S. The van der Waals surface area contributed by atoms with Crippen LogP contribution < -0.4 is 0 Å². The van der Waals surface area contributed by atoms with Gasteiger partial charge < -0.3 is 4.18 Å². The predicted octanol–water partition coefficient (Wildman–Crippen LogP) is 1.52. The Labute approximate surface area is 69.0 Å². The lowest BCUT2D eigenvalue weighted by molar-refractivity contribution is 0.0763. The third-order valence-electron chi connectivity index (χ3n) is 1.03. The van der Waals surface area contributed by atoms with E-state index < -0.39 is 5.97 Å². The third kappa shape index (κ3) is 2.23. The minimum Gasteiger partial charge on any atom is -0.387 e. The van der Waals surface area contributed by atoms with Crippen LogP contribution in [0.1, 0.15) is 10.5 Å². The van der Waals surface area contributed by atoms with E-state index in [1.807, 2.05) is 0 Å². The Morgan fingerprint density at radius 1 is 1.64 bits per heavy atom. The van der Waals surface area contributed by atoms with Gasteiger partial charge in [-0.3, -0.25) is 0 Å². The average molecular weight is 169 g/mol. The highest BCUT2D eigenvalue weighted by molar-refractivity contribution is 7.94. The number of hydrogen-bond donors (Lipinski definition) is 0. The van der Waals surface area contributed by atoms with Gasteiger partial charge in [-0.25, -0.2) is 9.78 Å². The van der Waals surface area contributed by atoms with E-state index in [1.54, 1.807) is 30.7 Å². The highest BCUT2D eigenvalue weighted by atomic mass is 32.2. The van der Waals surface area contributed by atoms with Crippen molar-refractivity contribution in [3.8, 4) is 0 Å². The van der Waals surface area contributed by atoms with Gasteiger partial charge in [-0.1, -0.05) is 6.07 Å². The molecule has 0 saturated heterocycles. The number of aromatic nitrogens is 1. The summed E-state index contributed by atoms with van der Waals surface area (Å²) < 4.78 is 4.64. The molecule has 0 atom stereocenters. The summed E-state index contributed by atoms with van der Waals surface area (Å²) in [5, 5.41) is 0. The summed E-state index contributed by atoms with van der Waals surface area (Å²) in [6, 6.07) is 5.10. The molecule has 0 unspecified atom stereocenters. The van der Waals surface area contributed by atoms with Crippen LogP contribution in [-0.2, 0) is 4.18 Å². The van der Waals surface area contributed by atoms with E-state index in [4.69, 9.17) is 0 Å². The summed E-state index contributed by atoms with van der Waals surface area (Å²) >= 11 is 1.02. The fourth-order valence-corrected chi connectivity index (χ4v) is 0.839. The van der Waals surface area contributed by atoms with Crippen molar-refractivity contribution in [2.24, 2.45) is 0 Å². The van der Waals surface area contributed by atoms with Crippen LogP contribution in [0, 0.1) is 0 Å². The second kappa shape index (κ2) is 3.98. The van der Waals surface area contributed by atoms with Gasteiger partial charge >= 0.3 is 5.97 Å². The van der Waals surface area contributed by atoms with Crippen molar-refractivity contribution < 1.29 is 8.98 Å². The van der Waals surface area contributed by atoms with E-state index in [-0.39, 0.29) is 0 Å². The van der Waals surface area contributed by atoms with Crippen molar-refractivity contribution in [2.75, 3.05) is 6.26 Å². The molecule has 0 fully saturated rings. The Kier molecular flexibility index (Phi) is 2.92. The maximum absolute atomic E-state index is 10.9. The van der Waals surface area contributed by atoms with E-state index in [0.717, 1.165) is 12.0 Å². The number of carbonyl (C=O) groups is 1. The van der Waals surface area contributed by atoms with Gasteiger partial charge in [0.15, 0.2) is 0 Å². The van der Waals surface area contributed by atoms with Gasteiger partial charge in [-0.15, -0.1) is 0 Å². The van der Waals surface area contributed by atoms with Crippen molar-refractivity contribution in [2.45, 2.75) is 0 Å². The first-order valence-corrected chi connectivity index (χ1v) is 4.15. The Morgan fingerprint density at radius 3 is 3.00 bits per heavy atom. The Bertz CT molecular complexity index is 237. The Hall–Kier alpha value is -1.03. The zero-order valence-corrected chi connectivity index (χ0v) is 6.80. The fraction of sp³-hybridized carbons (Fsp3) is 0.143. The largest absolute Gasteiger partial charge is 0.387 e. The van der Waals surface area contributed by atoms with Crippen molar-refractivity contribution in [3.05, 3.63) is 30.1 Å². The second-order valence-electron chi connectivity index (χ2n) is 1.75. The monoisotopic (exact) mass is 169 g/mol. The topological polar surface area (TPSA) is 39.2 Å². The molecule has 0 aromatic carbocycles. The van der Waals surface area contributed by atoms with E-state index in [2.05, 4.69) is 9.17 Å². The van der Waals surface area contributed by atoms with Gasteiger partial charge in [0, 0.05) is 12.5 Å². The molecule has 1 heterocycles. The third-order valence-corrected chi connectivity index (χ3v) is 1.35. The van der Waals surface area contributed by atoms with Crippen LogP contribution in [0.2, 0.25) is 0 Å². The average Bonchev–Trinajstić information content (AvgIpc) is 2.07. The molecule has 0 aliphatic heterocycles. The van der Waals surface area contributed by atoms with Crippen LogP contribution in [0.3, 0.4) is 0 Å². The summed E-state index contributed by atoms with van der Waals surface area (Å²) in [5.41, 5.74) is 0.335. The molecule has 0 amide bonds. The molecule has 0 spiro atoms. The first kappa shape index (κ1) is 8.07. The van der Waals surface area contributed by atoms with Crippen LogP contribution in [0.25, 0.3) is 0 Å². The second-order valence-corrected chi connectivity index (χ2v) is 2.25. The standard InChI is InChI=1S/C7H7NO2S/c1-11-10-7(9)6-4-2-3-5-8-6/h2-5H,1H3. The summed E-state index contributed by atoms with van der Waals surface area (Å²) in [7, 11) is 0. The molecule has 0 aliphatic rings. The zero-order valence-electron chi connectivity index (χ0n) is 5.98. The van der Waals surface area contributed by atoms with Crippen molar-refractivity contribution in [1.29, 1.82) is 0 Å². The number of nitrogens with zero attached hydrogens (tertiary/aromatic N) is 1. The number of hydrogen-bond acceptors (Lipinski definition) is 4. The highest BCUT2D eigenvalue weighted by Crippen LogP contribution is 2.02. The Balaban J connectivity index is 2.69. The predicted molar refractivity (Wildman–Crippen MR) is 43.2 cm³/mol. The molecule has 1 aromatic heterocycles. The normalized spacial score (nSPS) is 9.18. The minimum atomic E-state index is -0.405. The molecule has 58 valence electrons. The molecule has 1 rings (SSSR count). The molecule has 0 N–H and O–H groups in total. The molecule has 0 radical (unpaired) electrons. The zero-order chi connectivity index (χ0) is 8.10. The Morgan fingerprint density at radius 2 is 2.45 bits per heavy atom. The van der Waals surface area contributed by atoms with Crippen LogP contribution in [0.4, 0.5) is 0 Å². The van der Waals surface area contributed by atoms with Crippen molar-refractivity contribution in [1.82, 2.24) is 4.98 Å². The van der Waals surface area contributed by atoms with Gasteiger partial charge in [0.05, 0.1) is 12.0 Å². The van der Waals surface area contributed by atoms with Crippen molar-refractivity contribution in [3.63, 3.8) is 0 Å². The van der Waals surface area contributed by atoms with Gasteiger partial charge in [-0.05, 0) is 12.1 Å². The summed E-state index contributed by atoms with van der Waals surface area (Å²) in [6.07, 6.45) is 3.23. The molecule has 3 nitrogen and oxygen atoms in total. The fourth-order valence-electron chi connectivity index (χ4n) is 0.602.